The van der Waals surface area contributed by atoms with Crippen molar-refractivity contribution in [1.29, 1.82) is 0 Å². The van der Waals surface area contributed by atoms with Crippen LogP contribution in [0, 0.1) is 10.1 Å². The molecule has 0 aliphatic carbocycles. The largest absolute Gasteiger partial charge is 0.508 e. The van der Waals surface area contributed by atoms with Gasteiger partial charge in [0, 0.05) is 12.1 Å². The van der Waals surface area contributed by atoms with Gasteiger partial charge in [0.15, 0.2) is 0 Å². The normalized spacial score (nSPS) is 11.2. The smallest absolute Gasteiger partial charge is 0.271 e. The first-order valence-corrected chi connectivity index (χ1v) is 6.95. The Morgan fingerprint density at radius 3 is 2.62 bits per heavy atom. The van der Waals surface area contributed by atoms with Gasteiger partial charge in [0.2, 0.25) is 0 Å². The van der Waals surface area contributed by atoms with Crippen LogP contribution in [-0.4, -0.2) is 15.0 Å². The minimum absolute atomic E-state index is 0.0434. The Morgan fingerprint density at radius 1 is 1.14 bits per heavy atom. The van der Waals surface area contributed by atoms with Gasteiger partial charge in [0.25, 0.3) is 5.69 Å². The van der Waals surface area contributed by atoms with Crippen LogP contribution in [0.4, 0.5) is 5.69 Å². The molecule has 0 radical (unpaired) electrons. The minimum Gasteiger partial charge on any atom is -0.508 e. The van der Waals surface area contributed by atoms with E-state index in [1.807, 2.05) is 12.2 Å². The molecule has 0 bridgehead atoms. The topological polar surface area (TPSA) is 76.3 Å². The molecule has 0 aliphatic heterocycles. The monoisotopic (exact) mass is 298 g/mol. The maximum Gasteiger partial charge on any atom is 0.271 e. The fourth-order valence-electron chi connectivity index (χ4n) is 1.87. The predicted octanol–water partition coefficient (Wildman–Crippen LogP) is 4.08. The van der Waals surface area contributed by atoms with Crippen molar-refractivity contribution < 1.29 is 10.0 Å². The fraction of sp³-hybridized carbons (Fsp3) is 0. The molecule has 0 saturated heterocycles. The summed E-state index contributed by atoms with van der Waals surface area (Å²) in [6.07, 6.45) is 3.73. The van der Waals surface area contributed by atoms with Crippen LogP contribution >= 0.6 is 11.3 Å². The van der Waals surface area contributed by atoms with Gasteiger partial charge in [0.05, 0.1) is 15.1 Å². The summed E-state index contributed by atoms with van der Waals surface area (Å²) in [5, 5.41) is 20.7. The number of benzene rings is 2. The number of fused-ring (bicyclic) bond motifs is 1. The van der Waals surface area contributed by atoms with Gasteiger partial charge in [-0.15, -0.1) is 11.3 Å². The molecule has 1 N–H and O–H groups in total. The van der Waals surface area contributed by atoms with Gasteiger partial charge in [-0.3, -0.25) is 10.1 Å². The highest BCUT2D eigenvalue weighted by Gasteiger charge is 2.09. The van der Waals surface area contributed by atoms with Crippen LogP contribution in [0.15, 0.2) is 42.5 Å². The third-order valence-electron chi connectivity index (χ3n) is 2.91. The van der Waals surface area contributed by atoms with E-state index in [0.717, 1.165) is 15.3 Å². The van der Waals surface area contributed by atoms with Crippen LogP contribution in [-0.2, 0) is 0 Å². The van der Waals surface area contributed by atoms with Crippen molar-refractivity contribution in [3.63, 3.8) is 0 Å². The summed E-state index contributed by atoms with van der Waals surface area (Å²) in [4.78, 5) is 14.7. The third-order valence-corrected chi connectivity index (χ3v) is 3.91. The average Bonchev–Trinajstić information content (AvgIpc) is 2.88. The SMILES string of the molecule is O=[N+]([O-])c1ccc2sc(/C=C/c3ccc(O)cc3)nc2c1. The molecule has 0 unspecified atom stereocenters. The van der Waals surface area contributed by atoms with Crippen LogP contribution in [0.25, 0.3) is 22.4 Å². The minimum atomic E-state index is -0.426. The summed E-state index contributed by atoms with van der Waals surface area (Å²) in [6.45, 7) is 0. The molecule has 0 spiro atoms. The summed E-state index contributed by atoms with van der Waals surface area (Å²) >= 11 is 1.47. The molecule has 3 rings (SSSR count). The van der Waals surface area contributed by atoms with E-state index < -0.39 is 4.92 Å². The Bertz CT molecular complexity index is 838. The molecule has 21 heavy (non-hydrogen) atoms. The van der Waals surface area contributed by atoms with Gasteiger partial charge >= 0.3 is 0 Å². The highest BCUT2D eigenvalue weighted by molar-refractivity contribution is 7.19. The first-order chi connectivity index (χ1) is 10.1. The number of aromatic hydroxyl groups is 1. The van der Waals surface area contributed by atoms with Crippen molar-refractivity contribution in [2.24, 2.45) is 0 Å². The summed E-state index contributed by atoms with van der Waals surface area (Å²) in [7, 11) is 0. The van der Waals surface area contributed by atoms with Gasteiger partial charge < -0.3 is 5.11 Å². The number of non-ortho nitro benzene ring substituents is 1. The van der Waals surface area contributed by atoms with E-state index in [0.29, 0.717) is 5.52 Å². The Labute approximate surface area is 124 Å². The van der Waals surface area contributed by atoms with Gasteiger partial charge in [-0.25, -0.2) is 4.98 Å². The van der Waals surface area contributed by atoms with Gasteiger partial charge in [0.1, 0.15) is 10.8 Å². The van der Waals surface area contributed by atoms with Crippen LogP contribution in [0.1, 0.15) is 10.6 Å². The maximum absolute atomic E-state index is 10.7. The number of rotatable bonds is 3. The molecular weight excluding hydrogens is 288 g/mol. The van der Waals surface area contributed by atoms with E-state index in [2.05, 4.69) is 4.98 Å². The third kappa shape index (κ3) is 2.90. The van der Waals surface area contributed by atoms with E-state index in [9.17, 15) is 15.2 Å². The number of hydrogen-bond donors (Lipinski definition) is 1. The van der Waals surface area contributed by atoms with Crippen molar-refractivity contribution in [2.45, 2.75) is 0 Å². The lowest BCUT2D eigenvalue weighted by Gasteiger charge is -1.92. The highest BCUT2D eigenvalue weighted by Crippen LogP contribution is 2.27. The van der Waals surface area contributed by atoms with Crippen molar-refractivity contribution >= 4 is 39.4 Å². The number of hydrogen-bond acceptors (Lipinski definition) is 5. The first kappa shape index (κ1) is 13.3. The first-order valence-electron chi connectivity index (χ1n) is 6.14. The number of thiazole rings is 1. The molecule has 0 amide bonds. The van der Waals surface area contributed by atoms with E-state index >= 15 is 0 Å². The molecule has 104 valence electrons. The van der Waals surface area contributed by atoms with Crippen molar-refractivity contribution in [2.75, 3.05) is 0 Å². The van der Waals surface area contributed by atoms with E-state index in [1.165, 1.54) is 23.5 Å². The standard InChI is InChI=1S/C15H10N2O3S/c18-12-5-1-10(2-6-12)3-8-15-16-13-9-11(17(19)20)4-7-14(13)21-15/h1-9,18H/b8-3+. The summed E-state index contributed by atoms with van der Waals surface area (Å²) in [5.74, 6) is 0.222. The van der Waals surface area contributed by atoms with Gasteiger partial charge in [-0.2, -0.15) is 0 Å². The van der Waals surface area contributed by atoms with Gasteiger partial charge in [-0.05, 0) is 29.8 Å². The molecule has 0 atom stereocenters. The average molecular weight is 298 g/mol. The lowest BCUT2D eigenvalue weighted by molar-refractivity contribution is -0.384. The second-order valence-corrected chi connectivity index (χ2v) is 5.45. The zero-order valence-electron chi connectivity index (χ0n) is 10.8. The summed E-state index contributed by atoms with van der Waals surface area (Å²) in [6, 6.07) is 11.5. The number of nitro groups is 1. The lowest BCUT2D eigenvalue weighted by atomic mass is 10.2. The molecule has 1 aromatic heterocycles. The Hall–Kier alpha value is -2.73. The molecule has 2 aromatic carbocycles. The van der Waals surface area contributed by atoms with Gasteiger partial charge in [-0.1, -0.05) is 18.2 Å². The van der Waals surface area contributed by atoms with Crippen LogP contribution in [0.2, 0.25) is 0 Å². The number of nitrogens with zero attached hydrogens (tertiary/aromatic N) is 2. The van der Waals surface area contributed by atoms with E-state index in [1.54, 1.807) is 30.3 Å². The molecule has 0 fully saturated rings. The number of aromatic nitrogens is 1. The Balaban J connectivity index is 1.90. The zero-order chi connectivity index (χ0) is 14.8. The quantitative estimate of drug-likeness (QED) is 0.584. The highest BCUT2D eigenvalue weighted by atomic mass is 32.1. The fourth-order valence-corrected chi connectivity index (χ4v) is 2.72. The molecule has 1 heterocycles. The molecule has 5 nitrogen and oxygen atoms in total. The van der Waals surface area contributed by atoms with Crippen LogP contribution in [0.3, 0.4) is 0 Å². The van der Waals surface area contributed by atoms with Crippen LogP contribution < -0.4 is 0 Å². The predicted molar refractivity (Wildman–Crippen MR) is 83.3 cm³/mol. The number of phenols is 1. The molecule has 0 saturated carbocycles. The number of phenolic OH excluding ortho intramolecular Hbond substituents is 1. The second-order valence-electron chi connectivity index (χ2n) is 4.39. The van der Waals surface area contributed by atoms with Crippen molar-refractivity contribution in [3.05, 3.63) is 63.1 Å². The van der Waals surface area contributed by atoms with Crippen LogP contribution in [0.5, 0.6) is 5.75 Å². The van der Waals surface area contributed by atoms with Crippen molar-refractivity contribution in [1.82, 2.24) is 4.98 Å². The van der Waals surface area contributed by atoms with Crippen molar-refractivity contribution in [3.8, 4) is 5.75 Å². The second kappa shape index (κ2) is 5.34. The Kier molecular flexibility index (Phi) is 3.37. The Morgan fingerprint density at radius 2 is 1.90 bits per heavy atom. The summed E-state index contributed by atoms with van der Waals surface area (Å²) < 4.78 is 0.908. The molecule has 0 aliphatic rings. The number of nitro benzene ring substituents is 1. The lowest BCUT2D eigenvalue weighted by Crippen LogP contribution is -1.86. The molecule has 3 aromatic rings. The maximum atomic E-state index is 10.7. The molecular formula is C15H10N2O3S. The van der Waals surface area contributed by atoms with E-state index in [4.69, 9.17) is 0 Å². The van der Waals surface area contributed by atoms with E-state index in [-0.39, 0.29) is 11.4 Å². The summed E-state index contributed by atoms with van der Waals surface area (Å²) in [5.41, 5.74) is 1.61. The molecule has 6 heteroatoms. The zero-order valence-corrected chi connectivity index (χ0v) is 11.6.